The molecule has 7 nitrogen and oxygen atoms in total. The van der Waals surface area contributed by atoms with E-state index in [2.05, 4.69) is 5.32 Å². The Hall–Kier alpha value is -2.36. The number of nitrogens with one attached hydrogen (secondary N) is 2. The van der Waals surface area contributed by atoms with E-state index in [1.54, 1.807) is 26.8 Å². The molecule has 1 atom stereocenters. The van der Waals surface area contributed by atoms with Crippen molar-refractivity contribution >= 4 is 5.91 Å². The van der Waals surface area contributed by atoms with Gasteiger partial charge in [-0.25, -0.2) is 4.79 Å². The number of aromatic amines is 1. The fourth-order valence-corrected chi connectivity index (χ4v) is 1.83. The molecular weight excluding hydrogens is 248 g/mol. The number of likely N-dealkylation sites (N-methyl/N-ethyl adjacent to an activating group) is 1. The summed E-state index contributed by atoms with van der Waals surface area (Å²) in [6, 6.07) is 0.866. The van der Waals surface area contributed by atoms with Crippen LogP contribution in [-0.2, 0) is 4.79 Å². The molecule has 0 radical (unpaired) electrons. The van der Waals surface area contributed by atoms with E-state index in [1.807, 2.05) is 4.98 Å². The molecule has 0 aliphatic carbocycles. The minimum Gasteiger partial charge on any atom is -0.357 e. The third-order valence-electron chi connectivity index (χ3n) is 2.68. The standard InChI is InChI=1S/C12H16N4O3/c1-12(2,3)8(10(18)14-4)16-6-7(5-13)9(17)15-11(16)19/h6,8H,1-4H3,(H,14,18)(H,15,17,19)/t8-/m0/s1. The predicted molar refractivity (Wildman–Crippen MR) is 68.6 cm³/mol. The van der Waals surface area contributed by atoms with Crippen LogP contribution < -0.4 is 16.6 Å². The Labute approximate surface area is 109 Å². The van der Waals surface area contributed by atoms with Crippen molar-refractivity contribution in [1.82, 2.24) is 14.9 Å². The number of aromatic nitrogens is 2. The molecule has 102 valence electrons. The van der Waals surface area contributed by atoms with Crippen LogP contribution in [0.2, 0.25) is 0 Å². The van der Waals surface area contributed by atoms with E-state index < -0.39 is 22.7 Å². The lowest BCUT2D eigenvalue weighted by molar-refractivity contribution is -0.126. The van der Waals surface area contributed by atoms with Gasteiger partial charge >= 0.3 is 5.69 Å². The van der Waals surface area contributed by atoms with Crippen LogP contribution in [0.15, 0.2) is 15.8 Å². The first-order valence-corrected chi connectivity index (χ1v) is 5.69. The number of rotatable bonds is 2. The number of nitriles is 1. The molecule has 1 aromatic heterocycles. The zero-order valence-corrected chi connectivity index (χ0v) is 11.3. The van der Waals surface area contributed by atoms with Gasteiger partial charge in [0.1, 0.15) is 17.7 Å². The fraction of sp³-hybridized carbons (Fsp3) is 0.500. The van der Waals surface area contributed by atoms with Crippen molar-refractivity contribution in [2.24, 2.45) is 5.41 Å². The van der Waals surface area contributed by atoms with E-state index in [9.17, 15) is 14.4 Å². The molecule has 0 aliphatic heterocycles. The Bertz CT molecular complexity index is 643. The summed E-state index contributed by atoms with van der Waals surface area (Å²) in [7, 11) is 1.46. The zero-order chi connectivity index (χ0) is 14.8. The second kappa shape index (κ2) is 5.10. The number of carbonyl (C=O) groups excluding carboxylic acids is 1. The third kappa shape index (κ3) is 2.91. The molecule has 1 rings (SSSR count). The van der Waals surface area contributed by atoms with Crippen LogP contribution in [0.5, 0.6) is 0 Å². The number of hydrogen-bond donors (Lipinski definition) is 2. The zero-order valence-electron chi connectivity index (χ0n) is 11.3. The van der Waals surface area contributed by atoms with Gasteiger partial charge in [0.15, 0.2) is 0 Å². The number of amides is 1. The number of nitrogens with zero attached hydrogens (tertiary/aromatic N) is 2. The molecule has 2 N–H and O–H groups in total. The van der Waals surface area contributed by atoms with Crippen LogP contribution in [0.25, 0.3) is 0 Å². The van der Waals surface area contributed by atoms with Crippen LogP contribution in [0.1, 0.15) is 32.4 Å². The van der Waals surface area contributed by atoms with Gasteiger partial charge in [-0.05, 0) is 5.41 Å². The first-order chi connectivity index (χ1) is 8.72. The highest BCUT2D eigenvalue weighted by atomic mass is 16.2. The molecule has 7 heteroatoms. The van der Waals surface area contributed by atoms with Crippen LogP contribution in [0.3, 0.4) is 0 Å². The molecule has 0 fully saturated rings. The molecule has 1 aromatic rings. The van der Waals surface area contributed by atoms with Crippen molar-refractivity contribution in [1.29, 1.82) is 5.26 Å². The van der Waals surface area contributed by atoms with E-state index in [0.29, 0.717) is 0 Å². The molecule has 0 aromatic carbocycles. The summed E-state index contributed by atoms with van der Waals surface area (Å²) in [6.45, 7) is 5.36. The maximum atomic E-state index is 12.0. The lowest BCUT2D eigenvalue weighted by Crippen LogP contribution is -2.44. The monoisotopic (exact) mass is 264 g/mol. The first kappa shape index (κ1) is 14.7. The first-order valence-electron chi connectivity index (χ1n) is 5.69. The molecule has 0 unspecified atom stereocenters. The van der Waals surface area contributed by atoms with Gasteiger partial charge in [-0.1, -0.05) is 20.8 Å². The Balaban J connectivity index is 3.57. The van der Waals surface area contributed by atoms with Crippen molar-refractivity contribution in [3.05, 3.63) is 32.6 Å². The Kier molecular flexibility index (Phi) is 3.95. The number of carbonyl (C=O) groups is 1. The highest BCUT2D eigenvalue weighted by Gasteiger charge is 2.33. The van der Waals surface area contributed by atoms with Crippen molar-refractivity contribution in [3.8, 4) is 6.07 Å². The lowest BCUT2D eigenvalue weighted by Gasteiger charge is -2.30. The van der Waals surface area contributed by atoms with Crippen molar-refractivity contribution < 1.29 is 4.79 Å². The van der Waals surface area contributed by atoms with Crippen LogP contribution in [0.4, 0.5) is 0 Å². The van der Waals surface area contributed by atoms with Crippen LogP contribution in [0, 0.1) is 16.7 Å². The van der Waals surface area contributed by atoms with E-state index in [-0.39, 0.29) is 11.5 Å². The molecule has 0 saturated heterocycles. The molecule has 0 bridgehead atoms. The molecular formula is C12H16N4O3. The van der Waals surface area contributed by atoms with Crippen LogP contribution in [-0.4, -0.2) is 22.5 Å². The van der Waals surface area contributed by atoms with E-state index in [4.69, 9.17) is 5.26 Å². The van der Waals surface area contributed by atoms with Crippen molar-refractivity contribution in [2.75, 3.05) is 7.05 Å². The third-order valence-corrected chi connectivity index (χ3v) is 2.68. The molecule has 0 aliphatic rings. The SMILES string of the molecule is CNC(=O)[C@H](n1cc(C#N)c(=O)[nH]c1=O)C(C)(C)C. The van der Waals surface area contributed by atoms with Crippen molar-refractivity contribution in [3.63, 3.8) is 0 Å². The normalized spacial score (nSPS) is 12.6. The van der Waals surface area contributed by atoms with E-state index in [1.165, 1.54) is 7.05 Å². The number of H-pyrrole nitrogens is 1. The summed E-state index contributed by atoms with van der Waals surface area (Å²) in [4.78, 5) is 37.2. The van der Waals surface area contributed by atoms with Gasteiger partial charge in [-0.3, -0.25) is 19.1 Å². The summed E-state index contributed by atoms with van der Waals surface area (Å²) in [6.07, 6.45) is 1.12. The highest BCUT2D eigenvalue weighted by Crippen LogP contribution is 2.29. The van der Waals surface area contributed by atoms with Gasteiger partial charge in [-0.2, -0.15) is 5.26 Å². The summed E-state index contributed by atoms with van der Waals surface area (Å²) < 4.78 is 1.08. The second-order valence-electron chi connectivity index (χ2n) is 5.20. The van der Waals surface area contributed by atoms with Gasteiger partial charge in [0, 0.05) is 13.2 Å². The fourth-order valence-electron chi connectivity index (χ4n) is 1.83. The number of hydrogen-bond acceptors (Lipinski definition) is 4. The maximum Gasteiger partial charge on any atom is 0.329 e. The predicted octanol–water partition coefficient (Wildman–Crippen LogP) is -0.259. The summed E-state index contributed by atoms with van der Waals surface area (Å²) >= 11 is 0. The molecule has 1 amide bonds. The topological polar surface area (TPSA) is 108 Å². The van der Waals surface area contributed by atoms with Crippen molar-refractivity contribution in [2.45, 2.75) is 26.8 Å². The van der Waals surface area contributed by atoms with Gasteiger partial charge in [0.05, 0.1) is 0 Å². The summed E-state index contributed by atoms with van der Waals surface area (Å²) in [5.41, 5.74) is -2.24. The Morgan fingerprint density at radius 1 is 1.47 bits per heavy atom. The largest absolute Gasteiger partial charge is 0.357 e. The Morgan fingerprint density at radius 3 is 2.47 bits per heavy atom. The van der Waals surface area contributed by atoms with Crippen LogP contribution >= 0.6 is 0 Å². The second-order valence-corrected chi connectivity index (χ2v) is 5.20. The minimum atomic E-state index is -0.825. The average molecular weight is 264 g/mol. The van der Waals surface area contributed by atoms with Gasteiger partial charge in [-0.15, -0.1) is 0 Å². The smallest absolute Gasteiger partial charge is 0.329 e. The summed E-state index contributed by atoms with van der Waals surface area (Å²) in [5.74, 6) is -0.370. The molecule has 1 heterocycles. The lowest BCUT2D eigenvalue weighted by atomic mass is 9.86. The van der Waals surface area contributed by atoms with E-state index in [0.717, 1.165) is 10.8 Å². The highest BCUT2D eigenvalue weighted by molar-refractivity contribution is 5.80. The van der Waals surface area contributed by atoms with Gasteiger partial charge in [0.2, 0.25) is 5.91 Å². The maximum absolute atomic E-state index is 12.0. The van der Waals surface area contributed by atoms with Gasteiger partial charge < -0.3 is 5.32 Å². The van der Waals surface area contributed by atoms with E-state index >= 15 is 0 Å². The quantitative estimate of drug-likeness (QED) is 0.767. The summed E-state index contributed by atoms with van der Waals surface area (Å²) in [5, 5.41) is 11.3. The molecule has 0 spiro atoms. The average Bonchev–Trinajstić information content (AvgIpc) is 2.30. The van der Waals surface area contributed by atoms with Gasteiger partial charge in [0.25, 0.3) is 5.56 Å². The Morgan fingerprint density at radius 2 is 2.05 bits per heavy atom. The minimum absolute atomic E-state index is 0.210. The molecule has 19 heavy (non-hydrogen) atoms. The molecule has 0 saturated carbocycles.